The van der Waals surface area contributed by atoms with Crippen molar-refractivity contribution < 1.29 is 4.79 Å². The van der Waals surface area contributed by atoms with Crippen molar-refractivity contribution in [1.82, 2.24) is 0 Å². The number of fused-ring (bicyclic) bond motifs is 1. The van der Waals surface area contributed by atoms with E-state index in [2.05, 4.69) is 31.7 Å². The van der Waals surface area contributed by atoms with E-state index in [-0.39, 0.29) is 5.78 Å². The van der Waals surface area contributed by atoms with Crippen LogP contribution in [0.2, 0.25) is 0 Å². The highest BCUT2D eigenvalue weighted by molar-refractivity contribution is 6.22. The lowest BCUT2D eigenvalue weighted by molar-refractivity contribution is -0.109. The number of rotatable bonds is 2. The minimum Gasteiger partial charge on any atom is -0.289 e. The van der Waals surface area contributed by atoms with Crippen LogP contribution in [0.5, 0.6) is 0 Å². The molecule has 1 aromatic rings. The Morgan fingerprint density at radius 3 is 2.57 bits per heavy atom. The topological polar surface area (TPSA) is 17.1 Å². The van der Waals surface area contributed by atoms with Gasteiger partial charge in [-0.3, -0.25) is 4.79 Å². The van der Waals surface area contributed by atoms with Crippen LogP contribution in [0, 0.1) is 5.92 Å². The molecule has 1 nitrogen and oxygen atoms in total. The molecular weight excluding hydrogens is 256 g/mol. The highest BCUT2D eigenvalue weighted by atomic mass is 16.1. The van der Waals surface area contributed by atoms with Crippen molar-refractivity contribution in [3.63, 3.8) is 0 Å². The minimum atomic E-state index is 0.108. The number of ketones is 1. The van der Waals surface area contributed by atoms with Gasteiger partial charge in [-0.05, 0) is 60.8 Å². The molecular formula is C20H20O. The van der Waals surface area contributed by atoms with E-state index in [1.807, 2.05) is 24.3 Å². The Morgan fingerprint density at radius 2 is 1.95 bits per heavy atom. The molecule has 0 aromatic heterocycles. The molecule has 0 radical (unpaired) electrons. The van der Waals surface area contributed by atoms with Gasteiger partial charge in [0.15, 0.2) is 5.78 Å². The van der Waals surface area contributed by atoms with Gasteiger partial charge in [0.05, 0.1) is 0 Å². The Morgan fingerprint density at radius 1 is 1.24 bits per heavy atom. The highest BCUT2D eigenvalue weighted by Crippen LogP contribution is 2.29. The van der Waals surface area contributed by atoms with Gasteiger partial charge >= 0.3 is 0 Å². The number of carbonyl (C=O) groups is 1. The van der Waals surface area contributed by atoms with E-state index in [0.29, 0.717) is 5.92 Å². The lowest BCUT2D eigenvalue weighted by Gasteiger charge is -2.21. The minimum absolute atomic E-state index is 0.108. The molecule has 0 fully saturated rings. The molecule has 0 spiro atoms. The standard InChI is InChI=1S/C20H20O/c1-14(2)16-9-7-15(8-10-16)11-19-12-17-5-3-4-6-18(17)13-20(19)21/h3-7,11-13,16H,1,8-10H2,2H3/t16-/m0/s1. The molecule has 0 saturated heterocycles. The number of hydrogen-bond donors (Lipinski definition) is 0. The molecule has 21 heavy (non-hydrogen) atoms. The van der Waals surface area contributed by atoms with Crippen LogP contribution in [-0.2, 0) is 4.79 Å². The van der Waals surface area contributed by atoms with Gasteiger partial charge in [-0.15, -0.1) is 0 Å². The van der Waals surface area contributed by atoms with Gasteiger partial charge in [-0.1, -0.05) is 48.1 Å². The molecule has 0 aliphatic heterocycles. The number of carbonyl (C=O) groups excluding carboxylic acids is 1. The number of benzene rings is 1. The maximum atomic E-state index is 12.2. The van der Waals surface area contributed by atoms with Crippen molar-refractivity contribution in [3.8, 4) is 0 Å². The summed E-state index contributed by atoms with van der Waals surface area (Å²) in [6, 6.07) is 8.01. The Labute approximate surface area is 125 Å². The summed E-state index contributed by atoms with van der Waals surface area (Å²) in [6.07, 6.45) is 11.3. The van der Waals surface area contributed by atoms with Crippen LogP contribution in [0.25, 0.3) is 12.2 Å². The monoisotopic (exact) mass is 276 g/mol. The third kappa shape index (κ3) is 2.97. The molecule has 1 heteroatoms. The van der Waals surface area contributed by atoms with Gasteiger partial charge in [0.1, 0.15) is 0 Å². The van der Waals surface area contributed by atoms with Gasteiger partial charge in [0.2, 0.25) is 0 Å². The van der Waals surface area contributed by atoms with Gasteiger partial charge in [0, 0.05) is 5.57 Å². The summed E-state index contributed by atoms with van der Waals surface area (Å²) in [5.74, 6) is 0.710. The van der Waals surface area contributed by atoms with Crippen LogP contribution in [0.1, 0.15) is 26.2 Å². The normalized spacial score (nSPS) is 22.9. The summed E-state index contributed by atoms with van der Waals surface area (Å²) in [5.41, 5.74) is 3.34. The molecule has 1 aromatic carbocycles. The average Bonchev–Trinajstić information content (AvgIpc) is 2.48. The SMILES string of the molecule is C=C(C)[C@H]1CC=C(C=C2C=c3ccccc3=CC2=O)CC1. The van der Waals surface area contributed by atoms with Crippen LogP contribution < -0.4 is 10.4 Å². The zero-order valence-electron chi connectivity index (χ0n) is 12.4. The van der Waals surface area contributed by atoms with Gasteiger partial charge in [-0.2, -0.15) is 0 Å². The van der Waals surface area contributed by atoms with Gasteiger partial charge in [-0.25, -0.2) is 0 Å². The Hall–Kier alpha value is -2.15. The predicted molar refractivity (Wildman–Crippen MR) is 88.0 cm³/mol. The smallest absolute Gasteiger partial charge is 0.186 e. The van der Waals surface area contributed by atoms with Crippen LogP contribution in [-0.4, -0.2) is 5.78 Å². The summed E-state index contributed by atoms with van der Waals surface area (Å²) in [7, 11) is 0. The average molecular weight is 276 g/mol. The lowest BCUT2D eigenvalue weighted by Crippen LogP contribution is -2.29. The highest BCUT2D eigenvalue weighted by Gasteiger charge is 2.15. The number of hydrogen-bond acceptors (Lipinski definition) is 1. The van der Waals surface area contributed by atoms with Crippen LogP contribution >= 0.6 is 0 Å². The lowest BCUT2D eigenvalue weighted by atomic mass is 9.84. The summed E-state index contributed by atoms with van der Waals surface area (Å²) >= 11 is 0. The Bertz CT molecular complexity index is 774. The number of Topliss-reactive ketones (excluding diaryl/α,β-unsaturated/α-hetero) is 1. The van der Waals surface area contributed by atoms with E-state index in [1.165, 1.54) is 11.1 Å². The van der Waals surface area contributed by atoms with E-state index in [4.69, 9.17) is 0 Å². The first kappa shape index (κ1) is 13.8. The Balaban J connectivity index is 1.90. The molecule has 2 aliphatic rings. The predicted octanol–water partition coefficient (Wildman–Crippen LogP) is 3.06. The molecule has 0 unspecified atom stereocenters. The molecule has 0 heterocycles. The van der Waals surface area contributed by atoms with Crippen molar-refractivity contribution in [3.05, 3.63) is 70.2 Å². The molecule has 0 bridgehead atoms. The number of allylic oxidation sites excluding steroid dienone is 5. The second kappa shape index (κ2) is 5.69. The fraction of sp³-hybridized carbons (Fsp3) is 0.250. The first-order chi connectivity index (χ1) is 10.1. The zero-order chi connectivity index (χ0) is 14.8. The molecule has 3 rings (SSSR count). The fourth-order valence-electron chi connectivity index (χ4n) is 2.98. The largest absolute Gasteiger partial charge is 0.289 e. The summed E-state index contributed by atoms with van der Waals surface area (Å²) in [6.45, 7) is 6.15. The quantitative estimate of drug-likeness (QED) is 0.599. The van der Waals surface area contributed by atoms with E-state index in [0.717, 1.165) is 35.3 Å². The zero-order valence-corrected chi connectivity index (χ0v) is 12.4. The fourth-order valence-corrected chi connectivity index (χ4v) is 2.98. The van der Waals surface area contributed by atoms with Gasteiger partial charge in [0.25, 0.3) is 0 Å². The third-order valence-electron chi connectivity index (χ3n) is 4.36. The third-order valence-corrected chi connectivity index (χ3v) is 4.36. The molecule has 0 amide bonds. The second-order valence-electron chi connectivity index (χ2n) is 5.98. The van der Waals surface area contributed by atoms with E-state index in [1.54, 1.807) is 6.08 Å². The van der Waals surface area contributed by atoms with E-state index < -0.39 is 0 Å². The maximum absolute atomic E-state index is 12.2. The molecule has 2 aliphatic carbocycles. The molecule has 0 N–H and O–H groups in total. The van der Waals surface area contributed by atoms with E-state index >= 15 is 0 Å². The van der Waals surface area contributed by atoms with Crippen LogP contribution in [0.3, 0.4) is 0 Å². The first-order valence-corrected chi connectivity index (χ1v) is 7.52. The molecule has 106 valence electrons. The van der Waals surface area contributed by atoms with Crippen LogP contribution in [0.4, 0.5) is 0 Å². The summed E-state index contributed by atoms with van der Waals surface area (Å²) in [4.78, 5) is 12.2. The van der Waals surface area contributed by atoms with Crippen molar-refractivity contribution in [2.45, 2.75) is 26.2 Å². The van der Waals surface area contributed by atoms with Crippen molar-refractivity contribution in [1.29, 1.82) is 0 Å². The molecule has 1 atom stereocenters. The Kier molecular flexibility index (Phi) is 3.74. The van der Waals surface area contributed by atoms with Gasteiger partial charge < -0.3 is 0 Å². The molecule has 0 saturated carbocycles. The first-order valence-electron chi connectivity index (χ1n) is 7.52. The summed E-state index contributed by atoms with van der Waals surface area (Å²) < 4.78 is 0. The van der Waals surface area contributed by atoms with Crippen molar-refractivity contribution in [2.24, 2.45) is 5.92 Å². The van der Waals surface area contributed by atoms with Crippen LogP contribution in [0.15, 0.2) is 59.7 Å². The van der Waals surface area contributed by atoms with Crippen molar-refractivity contribution in [2.75, 3.05) is 0 Å². The van der Waals surface area contributed by atoms with Crippen molar-refractivity contribution >= 4 is 17.9 Å². The maximum Gasteiger partial charge on any atom is 0.186 e. The second-order valence-corrected chi connectivity index (χ2v) is 5.98. The summed E-state index contributed by atoms with van der Waals surface area (Å²) in [5, 5.41) is 2.14. The van der Waals surface area contributed by atoms with E-state index in [9.17, 15) is 4.79 Å².